The predicted molar refractivity (Wildman–Crippen MR) is 59.7 cm³/mol. The van der Waals surface area contributed by atoms with Gasteiger partial charge in [-0.1, -0.05) is 0 Å². The average molecular weight is 264 g/mol. The average Bonchev–Trinajstić information content (AvgIpc) is 2.00. The zero-order valence-corrected chi connectivity index (χ0v) is 11.2. The second-order valence-corrected chi connectivity index (χ2v) is 2.17. The molecular weight excluding hydrogens is 245 g/mol. The first-order chi connectivity index (χ1) is 4.50. The summed E-state index contributed by atoms with van der Waals surface area (Å²) in [7, 11) is 0. The van der Waals surface area contributed by atoms with Gasteiger partial charge in [0, 0.05) is 13.1 Å². The fraction of sp³-hybridized carbons (Fsp3) is 0.857. The second kappa shape index (κ2) is 18.9. The van der Waals surface area contributed by atoms with E-state index in [2.05, 4.69) is 16.0 Å². The summed E-state index contributed by atoms with van der Waals surface area (Å²) >= 11 is 0. The van der Waals surface area contributed by atoms with Gasteiger partial charge >= 0.3 is 21.7 Å². The maximum Gasteiger partial charge on any atom is 2.00 e. The van der Waals surface area contributed by atoms with E-state index in [1.165, 1.54) is 0 Å². The Labute approximate surface area is 109 Å². The minimum Gasteiger partial charge on any atom is -0.660 e. The smallest absolute Gasteiger partial charge is 0.660 e. The van der Waals surface area contributed by atoms with Crippen LogP contribution in [0.5, 0.6) is 0 Å². The largest absolute Gasteiger partial charge is 2.00 e. The standard InChI is InChI=1S/C6H14N3.CH3.2ClH.Ti/c1-2-8-5-6-9-4-3-7-1;;;;/h7-8H,1-6H2;1H3;2*1H;/q2*-1;;;+2. The third kappa shape index (κ3) is 15.9. The molecule has 0 unspecified atom stereocenters. The maximum atomic E-state index is 4.27. The first-order valence-electron chi connectivity index (χ1n) is 3.55. The molecule has 2 N–H and O–H groups in total. The molecule has 0 saturated carbocycles. The third-order valence-corrected chi connectivity index (χ3v) is 1.37. The van der Waals surface area contributed by atoms with Crippen molar-refractivity contribution in [1.82, 2.24) is 10.6 Å². The Morgan fingerprint density at radius 3 is 1.54 bits per heavy atom. The van der Waals surface area contributed by atoms with E-state index in [0.717, 1.165) is 39.3 Å². The van der Waals surface area contributed by atoms with Gasteiger partial charge in [-0.05, 0) is 13.1 Å². The molecule has 0 spiro atoms. The van der Waals surface area contributed by atoms with E-state index in [1.807, 2.05) is 0 Å². The van der Waals surface area contributed by atoms with Crippen molar-refractivity contribution in [3.63, 3.8) is 0 Å². The van der Waals surface area contributed by atoms with Crippen molar-refractivity contribution in [2.45, 2.75) is 0 Å². The summed E-state index contributed by atoms with van der Waals surface area (Å²) < 4.78 is 0. The van der Waals surface area contributed by atoms with Gasteiger partial charge in [0.15, 0.2) is 0 Å². The fourth-order valence-corrected chi connectivity index (χ4v) is 0.855. The molecule has 1 aliphatic rings. The number of nitrogens with one attached hydrogen (secondary N) is 2. The summed E-state index contributed by atoms with van der Waals surface area (Å²) in [5, 5.41) is 10.8. The first-order valence-corrected chi connectivity index (χ1v) is 3.55. The normalized spacial score (nSPS) is 16.6. The predicted octanol–water partition coefficient (Wildman–Crippen LogP) is 0.844. The van der Waals surface area contributed by atoms with Gasteiger partial charge in [-0.2, -0.15) is 0 Å². The van der Waals surface area contributed by atoms with Crippen LogP contribution in [0, 0.1) is 7.43 Å². The van der Waals surface area contributed by atoms with Crippen LogP contribution >= 0.6 is 24.8 Å². The van der Waals surface area contributed by atoms with E-state index in [9.17, 15) is 0 Å². The summed E-state index contributed by atoms with van der Waals surface area (Å²) in [6, 6.07) is 0. The fourth-order valence-electron chi connectivity index (χ4n) is 0.855. The van der Waals surface area contributed by atoms with Crippen molar-refractivity contribution in [2.75, 3.05) is 39.3 Å². The number of hydrogen-bond donors (Lipinski definition) is 2. The molecule has 0 aliphatic carbocycles. The maximum absolute atomic E-state index is 4.27. The van der Waals surface area contributed by atoms with E-state index in [4.69, 9.17) is 0 Å². The molecule has 1 heterocycles. The quantitative estimate of drug-likeness (QED) is 0.502. The summed E-state index contributed by atoms with van der Waals surface area (Å²) in [6.45, 7) is 6.19. The molecule has 1 aliphatic heterocycles. The molecule has 13 heavy (non-hydrogen) atoms. The second-order valence-electron chi connectivity index (χ2n) is 2.17. The van der Waals surface area contributed by atoms with Crippen LogP contribution in [0.3, 0.4) is 0 Å². The molecule has 0 aromatic carbocycles. The molecule has 1 fully saturated rings. The van der Waals surface area contributed by atoms with Crippen LogP contribution in [-0.2, 0) is 21.7 Å². The van der Waals surface area contributed by atoms with Gasteiger partial charge in [0.05, 0.1) is 0 Å². The number of hydrogen-bond acceptors (Lipinski definition) is 2. The minimum absolute atomic E-state index is 0. The SMILES string of the molecule is C1CNCCNCC[N-]1.Cl.Cl.[CH3-].[Ti+2]. The molecule has 0 aromatic rings. The summed E-state index contributed by atoms with van der Waals surface area (Å²) in [5.41, 5.74) is 0. The van der Waals surface area contributed by atoms with Crippen LogP contribution in [0.25, 0.3) is 5.32 Å². The minimum atomic E-state index is 0. The molecule has 3 nitrogen and oxygen atoms in total. The zero-order chi connectivity index (χ0) is 6.36. The molecule has 0 amide bonds. The van der Waals surface area contributed by atoms with Gasteiger partial charge in [-0.15, -0.1) is 37.9 Å². The third-order valence-electron chi connectivity index (χ3n) is 1.37. The Morgan fingerprint density at radius 1 is 0.769 bits per heavy atom. The molecule has 0 bridgehead atoms. The van der Waals surface area contributed by atoms with E-state index >= 15 is 0 Å². The molecule has 0 aromatic heterocycles. The van der Waals surface area contributed by atoms with Gasteiger partial charge in [-0.25, -0.2) is 0 Å². The van der Waals surface area contributed by atoms with Crippen LogP contribution in [0.15, 0.2) is 0 Å². The van der Waals surface area contributed by atoms with Gasteiger partial charge in [0.2, 0.25) is 0 Å². The van der Waals surface area contributed by atoms with E-state index in [1.54, 1.807) is 0 Å². The molecule has 1 saturated heterocycles. The molecule has 0 radical (unpaired) electrons. The Hall–Kier alpha value is 1.17. The van der Waals surface area contributed by atoms with Gasteiger partial charge in [-0.3, -0.25) is 0 Å². The zero-order valence-electron chi connectivity index (χ0n) is 8.01. The van der Waals surface area contributed by atoms with Crippen molar-refractivity contribution >= 4 is 24.8 Å². The molecule has 1 rings (SSSR count). The molecular formula is C7H19Cl2N3Ti. The summed E-state index contributed by atoms with van der Waals surface area (Å²) in [6.07, 6.45) is 0. The van der Waals surface area contributed by atoms with Gasteiger partial charge in [0.25, 0.3) is 0 Å². The first kappa shape index (κ1) is 23.8. The number of rotatable bonds is 0. The van der Waals surface area contributed by atoms with Crippen molar-refractivity contribution in [1.29, 1.82) is 0 Å². The topological polar surface area (TPSA) is 38.2 Å². The number of nitrogens with zero attached hydrogens (tertiary/aromatic N) is 1. The number of halogens is 2. The molecule has 80 valence electrons. The van der Waals surface area contributed by atoms with Crippen molar-refractivity contribution in [3.8, 4) is 0 Å². The Morgan fingerprint density at radius 2 is 1.15 bits per heavy atom. The monoisotopic (exact) mass is 263 g/mol. The Bertz CT molecular complexity index is 50.2. The summed E-state index contributed by atoms with van der Waals surface area (Å²) in [4.78, 5) is 0. The van der Waals surface area contributed by atoms with Gasteiger partial charge in [0.1, 0.15) is 0 Å². The van der Waals surface area contributed by atoms with Crippen LogP contribution in [-0.4, -0.2) is 39.3 Å². The van der Waals surface area contributed by atoms with Crippen molar-refractivity contribution in [2.24, 2.45) is 0 Å². The van der Waals surface area contributed by atoms with E-state index in [-0.39, 0.29) is 54.0 Å². The summed E-state index contributed by atoms with van der Waals surface area (Å²) in [5.74, 6) is 0. The van der Waals surface area contributed by atoms with Crippen LogP contribution in [0.1, 0.15) is 0 Å². The van der Waals surface area contributed by atoms with Crippen LogP contribution in [0.4, 0.5) is 0 Å². The Balaban J connectivity index is -0.000000101. The molecule has 0 atom stereocenters. The van der Waals surface area contributed by atoms with Gasteiger partial charge < -0.3 is 23.4 Å². The Kier molecular flexibility index (Phi) is 34.5. The van der Waals surface area contributed by atoms with E-state index < -0.39 is 0 Å². The van der Waals surface area contributed by atoms with Crippen molar-refractivity contribution in [3.05, 3.63) is 12.7 Å². The van der Waals surface area contributed by atoms with Crippen molar-refractivity contribution < 1.29 is 21.7 Å². The van der Waals surface area contributed by atoms with Crippen LogP contribution in [0.2, 0.25) is 0 Å². The van der Waals surface area contributed by atoms with Crippen LogP contribution < -0.4 is 10.6 Å². The van der Waals surface area contributed by atoms with E-state index in [0.29, 0.717) is 0 Å². The molecule has 6 heteroatoms.